The van der Waals surface area contributed by atoms with Crippen LogP contribution in [-0.2, 0) is 14.8 Å². The maximum atomic E-state index is 12.6. The molecule has 0 aliphatic heterocycles. The minimum Gasteiger partial charge on any atom is -0.497 e. The molecule has 3 rings (SSSR count). The molecule has 2 N–H and O–H groups in total. The SMILES string of the molecule is COc1ccc(C(CC(=O)Nc2ccc(Oc3ccccc3)cc2)NS(C)(=O)=O)cc1. The first-order valence-corrected chi connectivity index (χ1v) is 11.5. The molecule has 0 aliphatic carbocycles. The lowest BCUT2D eigenvalue weighted by atomic mass is 10.0. The van der Waals surface area contributed by atoms with Gasteiger partial charge in [0.1, 0.15) is 17.2 Å². The zero-order valence-electron chi connectivity index (χ0n) is 17.2. The van der Waals surface area contributed by atoms with Crippen molar-refractivity contribution in [1.29, 1.82) is 0 Å². The highest BCUT2D eigenvalue weighted by molar-refractivity contribution is 7.88. The number of methoxy groups -OCH3 is 1. The summed E-state index contributed by atoms with van der Waals surface area (Å²) in [4.78, 5) is 12.6. The summed E-state index contributed by atoms with van der Waals surface area (Å²) >= 11 is 0. The molecule has 1 amide bonds. The third-order valence-electron chi connectivity index (χ3n) is 4.38. The fourth-order valence-corrected chi connectivity index (χ4v) is 3.69. The average Bonchev–Trinajstić information content (AvgIpc) is 2.74. The van der Waals surface area contributed by atoms with Crippen LogP contribution in [0.1, 0.15) is 18.0 Å². The van der Waals surface area contributed by atoms with Crippen molar-refractivity contribution in [3.05, 3.63) is 84.4 Å². The van der Waals surface area contributed by atoms with Gasteiger partial charge in [0.05, 0.1) is 19.4 Å². The standard InChI is InChI=1S/C23H24N2O5S/c1-29-19-12-8-17(9-13-19)22(25-31(2,27)28)16-23(26)24-18-10-14-21(15-11-18)30-20-6-4-3-5-7-20/h3-15,22,25H,16H2,1-2H3,(H,24,26). The summed E-state index contributed by atoms with van der Waals surface area (Å²) in [6, 6.07) is 22.5. The second kappa shape index (κ2) is 10.1. The highest BCUT2D eigenvalue weighted by Gasteiger charge is 2.20. The van der Waals surface area contributed by atoms with Gasteiger partial charge in [-0.05, 0) is 54.1 Å². The number of ether oxygens (including phenoxy) is 2. The molecule has 1 atom stereocenters. The molecule has 1 unspecified atom stereocenters. The summed E-state index contributed by atoms with van der Waals surface area (Å²) in [7, 11) is -1.97. The third kappa shape index (κ3) is 7.13. The van der Waals surface area contributed by atoms with Crippen LogP contribution in [0.5, 0.6) is 17.2 Å². The Morgan fingerprint density at radius 2 is 1.45 bits per heavy atom. The second-order valence-corrected chi connectivity index (χ2v) is 8.69. The fourth-order valence-electron chi connectivity index (χ4n) is 2.95. The topological polar surface area (TPSA) is 93.7 Å². The maximum absolute atomic E-state index is 12.6. The monoisotopic (exact) mass is 440 g/mol. The van der Waals surface area contributed by atoms with Gasteiger partial charge in [0.15, 0.2) is 0 Å². The van der Waals surface area contributed by atoms with E-state index < -0.39 is 16.1 Å². The van der Waals surface area contributed by atoms with Crippen LogP contribution < -0.4 is 19.5 Å². The number of para-hydroxylation sites is 1. The number of anilines is 1. The van der Waals surface area contributed by atoms with Crippen molar-refractivity contribution in [3.8, 4) is 17.2 Å². The van der Waals surface area contributed by atoms with E-state index in [0.29, 0.717) is 28.5 Å². The minimum atomic E-state index is -3.52. The van der Waals surface area contributed by atoms with E-state index >= 15 is 0 Å². The molecule has 0 saturated heterocycles. The molecule has 0 aliphatic rings. The van der Waals surface area contributed by atoms with Crippen molar-refractivity contribution in [3.63, 3.8) is 0 Å². The average molecular weight is 441 g/mol. The first-order valence-electron chi connectivity index (χ1n) is 9.56. The van der Waals surface area contributed by atoms with Crippen molar-refractivity contribution in [1.82, 2.24) is 4.72 Å². The van der Waals surface area contributed by atoms with Crippen LogP contribution in [0.25, 0.3) is 0 Å². The smallest absolute Gasteiger partial charge is 0.226 e. The van der Waals surface area contributed by atoms with Gasteiger partial charge in [-0.2, -0.15) is 0 Å². The number of nitrogens with one attached hydrogen (secondary N) is 2. The minimum absolute atomic E-state index is 0.0678. The van der Waals surface area contributed by atoms with Gasteiger partial charge in [0.2, 0.25) is 15.9 Å². The number of hydrogen-bond donors (Lipinski definition) is 2. The molecule has 0 spiro atoms. The maximum Gasteiger partial charge on any atom is 0.226 e. The summed E-state index contributed by atoms with van der Waals surface area (Å²) < 4.78 is 36.9. The molecule has 3 aromatic rings. The van der Waals surface area contributed by atoms with Crippen LogP contribution >= 0.6 is 0 Å². The molecule has 0 radical (unpaired) electrons. The first-order chi connectivity index (χ1) is 14.8. The Hall–Kier alpha value is -3.36. The Morgan fingerprint density at radius 1 is 0.871 bits per heavy atom. The fraction of sp³-hybridized carbons (Fsp3) is 0.174. The van der Waals surface area contributed by atoms with Crippen LogP contribution in [0.2, 0.25) is 0 Å². The normalized spacial score (nSPS) is 12.1. The summed E-state index contributed by atoms with van der Waals surface area (Å²) in [5.74, 6) is 1.67. The van der Waals surface area contributed by atoms with Gasteiger partial charge in [-0.15, -0.1) is 0 Å². The first kappa shape index (κ1) is 22.3. The van der Waals surface area contributed by atoms with E-state index in [1.807, 2.05) is 30.3 Å². The Balaban J connectivity index is 1.65. The van der Waals surface area contributed by atoms with Crippen LogP contribution in [0.15, 0.2) is 78.9 Å². The molecule has 162 valence electrons. The summed E-state index contributed by atoms with van der Waals surface area (Å²) in [5, 5.41) is 2.79. The number of sulfonamides is 1. The number of hydrogen-bond acceptors (Lipinski definition) is 5. The zero-order valence-corrected chi connectivity index (χ0v) is 18.1. The summed E-state index contributed by atoms with van der Waals surface area (Å²) in [6.07, 6.45) is 0.995. The number of carbonyl (C=O) groups excluding carboxylic acids is 1. The van der Waals surface area contributed by atoms with Crippen molar-refractivity contribution in [2.24, 2.45) is 0 Å². The van der Waals surface area contributed by atoms with E-state index in [1.54, 1.807) is 55.6 Å². The van der Waals surface area contributed by atoms with Gasteiger partial charge in [-0.25, -0.2) is 13.1 Å². The number of rotatable bonds is 9. The molecule has 0 aromatic heterocycles. The van der Waals surface area contributed by atoms with Gasteiger partial charge < -0.3 is 14.8 Å². The van der Waals surface area contributed by atoms with Gasteiger partial charge in [-0.1, -0.05) is 30.3 Å². The molecule has 0 saturated carbocycles. The van der Waals surface area contributed by atoms with Crippen molar-refractivity contribution >= 4 is 21.6 Å². The molecular weight excluding hydrogens is 416 g/mol. The predicted molar refractivity (Wildman–Crippen MR) is 120 cm³/mol. The van der Waals surface area contributed by atoms with E-state index in [-0.39, 0.29) is 12.3 Å². The lowest BCUT2D eigenvalue weighted by Crippen LogP contribution is -2.30. The van der Waals surface area contributed by atoms with E-state index in [9.17, 15) is 13.2 Å². The third-order valence-corrected chi connectivity index (χ3v) is 5.09. The number of carbonyl (C=O) groups is 1. The number of benzene rings is 3. The van der Waals surface area contributed by atoms with Crippen LogP contribution in [-0.4, -0.2) is 27.7 Å². The molecule has 7 nitrogen and oxygen atoms in total. The molecule has 8 heteroatoms. The number of amides is 1. The van der Waals surface area contributed by atoms with Crippen LogP contribution in [0.4, 0.5) is 5.69 Å². The van der Waals surface area contributed by atoms with E-state index in [4.69, 9.17) is 9.47 Å². The summed E-state index contributed by atoms with van der Waals surface area (Å²) in [5.41, 5.74) is 1.24. The van der Waals surface area contributed by atoms with Crippen molar-refractivity contribution < 1.29 is 22.7 Å². The molecular formula is C23H24N2O5S. The predicted octanol–water partition coefficient (Wildman–Crippen LogP) is 4.11. The molecule has 31 heavy (non-hydrogen) atoms. The highest BCUT2D eigenvalue weighted by Crippen LogP contribution is 2.24. The lowest BCUT2D eigenvalue weighted by Gasteiger charge is -2.18. The largest absolute Gasteiger partial charge is 0.497 e. The van der Waals surface area contributed by atoms with E-state index in [0.717, 1.165) is 6.26 Å². The van der Waals surface area contributed by atoms with Crippen LogP contribution in [0, 0.1) is 0 Å². The van der Waals surface area contributed by atoms with Gasteiger partial charge >= 0.3 is 0 Å². The Morgan fingerprint density at radius 3 is 2.03 bits per heavy atom. The molecule has 3 aromatic carbocycles. The molecule has 0 bridgehead atoms. The summed E-state index contributed by atoms with van der Waals surface area (Å²) in [6.45, 7) is 0. The molecule has 0 fully saturated rings. The van der Waals surface area contributed by atoms with Gasteiger partial charge in [0.25, 0.3) is 0 Å². The van der Waals surface area contributed by atoms with E-state index in [1.165, 1.54) is 0 Å². The Kier molecular flexibility index (Phi) is 7.28. The second-order valence-electron chi connectivity index (χ2n) is 6.91. The quantitative estimate of drug-likeness (QED) is 0.522. The highest BCUT2D eigenvalue weighted by atomic mass is 32.2. The lowest BCUT2D eigenvalue weighted by molar-refractivity contribution is -0.116. The van der Waals surface area contributed by atoms with E-state index in [2.05, 4.69) is 10.0 Å². The van der Waals surface area contributed by atoms with Crippen LogP contribution in [0.3, 0.4) is 0 Å². The Bertz CT molecular complexity index is 1100. The molecule has 0 heterocycles. The Labute approximate surface area is 182 Å². The van der Waals surface area contributed by atoms with Gasteiger partial charge in [-0.3, -0.25) is 4.79 Å². The van der Waals surface area contributed by atoms with Crippen molar-refractivity contribution in [2.75, 3.05) is 18.7 Å². The van der Waals surface area contributed by atoms with Gasteiger partial charge in [0, 0.05) is 12.1 Å². The zero-order chi connectivity index (χ0) is 22.3. The van der Waals surface area contributed by atoms with Crippen molar-refractivity contribution in [2.45, 2.75) is 12.5 Å².